The zero-order valence-corrected chi connectivity index (χ0v) is 11.3. The van der Waals surface area contributed by atoms with Crippen LogP contribution in [-0.4, -0.2) is 17.6 Å². The van der Waals surface area contributed by atoms with Crippen molar-refractivity contribution in [3.05, 3.63) is 0 Å². The molecule has 0 aromatic rings. The van der Waals surface area contributed by atoms with Crippen molar-refractivity contribution < 1.29 is 0 Å². The molecule has 0 nitrogen and oxygen atoms in total. The Morgan fingerprint density at radius 3 is 2.27 bits per heavy atom. The van der Waals surface area contributed by atoms with Gasteiger partial charge in [-0.05, 0) is 5.54 Å². The summed E-state index contributed by atoms with van der Waals surface area (Å²) in [7, 11) is -0.464. The average Bonchev–Trinajstić information content (AvgIpc) is 1.99. The quantitative estimate of drug-likeness (QED) is 0.582. The van der Waals surface area contributed by atoms with Crippen LogP contribution in [0.4, 0.5) is 0 Å². The largest absolute Gasteiger partial charge is 0.0748 e. The molecule has 0 aromatic carbocycles. The molecule has 0 rings (SSSR count). The van der Waals surface area contributed by atoms with Crippen molar-refractivity contribution >= 4 is 17.6 Å². The van der Waals surface area contributed by atoms with E-state index in [1.165, 1.54) is 6.42 Å². The van der Waals surface area contributed by atoms with E-state index in [1.807, 2.05) is 0 Å². The van der Waals surface area contributed by atoms with E-state index in [1.54, 1.807) is 12.1 Å². The molecule has 0 aliphatic heterocycles. The molecule has 0 bridgehead atoms. The molecule has 0 radical (unpaired) electrons. The lowest BCUT2D eigenvalue weighted by Gasteiger charge is -2.28. The smallest absolute Gasteiger partial charge is 0.0499 e. The van der Waals surface area contributed by atoms with E-state index in [0.29, 0.717) is 9.52 Å². The predicted molar refractivity (Wildman–Crippen MR) is 61.2 cm³/mol. The van der Waals surface area contributed by atoms with E-state index in [-0.39, 0.29) is 0 Å². The fourth-order valence-corrected chi connectivity index (χ4v) is 8.09. The first-order valence-electron chi connectivity index (χ1n) is 5.04. The third kappa shape index (κ3) is 4.11. The number of hydrogen-bond acceptors (Lipinski definition) is 0. The third-order valence-electron chi connectivity index (χ3n) is 3.12. The SMILES string of the molecule is CCC(C)[Si](C)(C)CC[SiH2]C. The van der Waals surface area contributed by atoms with Crippen LogP contribution in [0.25, 0.3) is 0 Å². The lowest BCUT2D eigenvalue weighted by atomic mass is 10.4. The van der Waals surface area contributed by atoms with Crippen LogP contribution in [-0.2, 0) is 0 Å². The van der Waals surface area contributed by atoms with Crippen LogP contribution >= 0.6 is 0 Å². The minimum Gasteiger partial charge on any atom is -0.0748 e. The maximum absolute atomic E-state index is 2.56. The Labute approximate surface area is 75.6 Å². The van der Waals surface area contributed by atoms with E-state index in [0.717, 1.165) is 5.54 Å². The molecule has 0 N–H and O–H groups in total. The summed E-state index contributed by atoms with van der Waals surface area (Å²) in [5, 5.41) is 0. The van der Waals surface area contributed by atoms with Gasteiger partial charge in [0, 0.05) is 17.6 Å². The van der Waals surface area contributed by atoms with Crippen molar-refractivity contribution in [1.82, 2.24) is 0 Å². The minimum absolute atomic E-state index is 0.329. The summed E-state index contributed by atoms with van der Waals surface area (Å²) in [4.78, 5) is 0. The molecule has 1 unspecified atom stereocenters. The molecule has 0 heterocycles. The molecule has 0 aliphatic carbocycles. The summed E-state index contributed by atoms with van der Waals surface area (Å²) in [5.41, 5.74) is 1.03. The van der Waals surface area contributed by atoms with Crippen LogP contribution in [0.2, 0.25) is 37.3 Å². The van der Waals surface area contributed by atoms with Gasteiger partial charge in [-0.2, -0.15) is 0 Å². The maximum atomic E-state index is 2.56. The normalized spacial score (nSPS) is 16.1. The molecule has 0 aromatic heterocycles. The predicted octanol–water partition coefficient (Wildman–Crippen LogP) is 3.13. The van der Waals surface area contributed by atoms with Gasteiger partial charge in [0.15, 0.2) is 0 Å². The van der Waals surface area contributed by atoms with Crippen molar-refractivity contribution in [2.45, 2.75) is 57.5 Å². The van der Waals surface area contributed by atoms with Crippen LogP contribution < -0.4 is 0 Å². The second-order valence-electron chi connectivity index (χ2n) is 4.40. The van der Waals surface area contributed by atoms with Crippen LogP contribution in [0.3, 0.4) is 0 Å². The molecule has 0 spiro atoms. The summed E-state index contributed by atoms with van der Waals surface area (Å²) in [5.74, 6) is 0. The zero-order valence-electron chi connectivity index (χ0n) is 8.91. The summed E-state index contributed by atoms with van der Waals surface area (Å²) in [6.45, 7) is 12.3. The van der Waals surface area contributed by atoms with E-state index < -0.39 is 8.07 Å². The van der Waals surface area contributed by atoms with Gasteiger partial charge in [0.1, 0.15) is 0 Å². The van der Waals surface area contributed by atoms with Gasteiger partial charge in [-0.15, -0.1) is 0 Å². The van der Waals surface area contributed by atoms with E-state index in [4.69, 9.17) is 0 Å². The molecule has 2 heteroatoms. The molecule has 0 amide bonds. The standard InChI is InChI=1S/C9H24Si2/c1-6-9(2)11(4,5)8-7-10-3/h9H,6-8,10H2,1-5H3. The first-order valence-corrected chi connectivity index (χ1v) is 10.7. The maximum Gasteiger partial charge on any atom is 0.0499 e. The van der Waals surface area contributed by atoms with Crippen molar-refractivity contribution in [3.63, 3.8) is 0 Å². The van der Waals surface area contributed by atoms with Crippen LogP contribution in [0.5, 0.6) is 0 Å². The second-order valence-corrected chi connectivity index (χ2v) is 11.6. The van der Waals surface area contributed by atoms with Crippen molar-refractivity contribution in [3.8, 4) is 0 Å². The molecule has 1 atom stereocenters. The van der Waals surface area contributed by atoms with Crippen LogP contribution in [0, 0.1) is 0 Å². The summed E-state index contributed by atoms with van der Waals surface area (Å²) < 4.78 is 0. The van der Waals surface area contributed by atoms with Crippen LogP contribution in [0.15, 0.2) is 0 Å². The molecule has 0 saturated heterocycles. The highest BCUT2D eigenvalue weighted by Gasteiger charge is 2.25. The Kier molecular flexibility index (Phi) is 5.35. The Morgan fingerprint density at radius 2 is 1.91 bits per heavy atom. The monoisotopic (exact) mass is 188 g/mol. The van der Waals surface area contributed by atoms with Gasteiger partial charge >= 0.3 is 0 Å². The Balaban J connectivity index is 3.77. The topological polar surface area (TPSA) is 0 Å². The molecule has 11 heavy (non-hydrogen) atoms. The van der Waals surface area contributed by atoms with E-state index in [9.17, 15) is 0 Å². The molecule has 0 fully saturated rings. The lowest BCUT2D eigenvalue weighted by Crippen LogP contribution is -2.30. The summed E-state index contributed by atoms with van der Waals surface area (Å²) in [6.07, 6.45) is 1.39. The highest BCUT2D eigenvalue weighted by molar-refractivity contribution is 6.79. The Morgan fingerprint density at radius 1 is 1.36 bits per heavy atom. The van der Waals surface area contributed by atoms with Gasteiger partial charge in [-0.3, -0.25) is 0 Å². The highest BCUT2D eigenvalue weighted by Crippen LogP contribution is 2.29. The zero-order chi connectivity index (χ0) is 8.91. The van der Waals surface area contributed by atoms with Gasteiger partial charge < -0.3 is 0 Å². The average molecular weight is 188 g/mol. The van der Waals surface area contributed by atoms with Crippen molar-refractivity contribution in [1.29, 1.82) is 0 Å². The highest BCUT2D eigenvalue weighted by atomic mass is 28.3. The Bertz CT molecular complexity index is 99.7. The molecule has 0 aliphatic rings. The van der Waals surface area contributed by atoms with Gasteiger partial charge in [-0.1, -0.05) is 52.0 Å². The second kappa shape index (κ2) is 5.15. The minimum atomic E-state index is -0.793. The van der Waals surface area contributed by atoms with Gasteiger partial charge in [0.25, 0.3) is 0 Å². The third-order valence-corrected chi connectivity index (χ3v) is 9.61. The fraction of sp³-hybridized carbons (Fsp3) is 1.00. The summed E-state index contributed by atoms with van der Waals surface area (Å²) >= 11 is 0. The van der Waals surface area contributed by atoms with E-state index in [2.05, 4.69) is 33.5 Å². The lowest BCUT2D eigenvalue weighted by molar-refractivity contribution is 0.834. The number of rotatable bonds is 5. The fourth-order valence-electron chi connectivity index (χ4n) is 1.43. The Hall–Kier alpha value is 0.434. The van der Waals surface area contributed by atoms with Crippen molar-refractivity contribution in [2.75, 3.05) is 0 Å². The van der Waals surface area contributed by atoms with Gasteiger partial charge in [-0.25, -0.2) is 0 Å². The summed E-state index contributed by atoms with van der Waals surface area (Å²) in [6, 6.07) is 3.17. The first-order chi connectivity index (χ1) is 5.04. The molecule has 68 valence electrons. The van der Waals surface area contributed by atoms with Gasteiger partial charge in [0.05, 0.1) is 0 Å². The first kappa shape index (κ1) is 11.4. The number of hydrogen-bond donors (Lipinski definition) is 0. The van der Waals surface area contributed by atoms with Gasteiger partial charge in [0.2, 0.25) is 0 Å². The molecule has 0 saturated carbocycles. The van der Waals surface area contributed by atoms with Crippen LogP contribution in [0.1, 0.15) is 20.3 Å². The van der Waals surface area contributed by atoms with E-state index >= 15 is 0 Å². The molecular weight excluding hydrogens is 164 g/mol. The van der Waals surface area contributed by atoms with Crippen molar-refractivity contribution in [2.24, 2.45) is 0 Å². The molecular formula is C9H24Si2.